The smallest absolute Gasteiger partial charge is 0.410 e. The van der Waals surface area contributed by atoms with Gasteiger partial charge < -0.3 is 19.5 Å². The topological polar surface area (TPSA) is 84.8 Å². The summed E-state index contributed by atoms with van der Waals surface area (Å²) < 4.78 is 10.6. The summed E-state index contributed by atoms with van der Waals surface area (Å²) in [6.45, 7) is 5.61. The van der Waals surface area contributed by atoms with Crippen molar-refractivity contribution in [1.29, 1.82) is 0 Å². The second kappa shape index (κ2) is 6.44. The van der Waals surface area contributed by atoms with Crippen LogP contribution in [-0.4, -0.2) is 50.9 Å². The average Bonchev–Trinajstić information content (AvgIpc) is 2.52. The van der Waals surface area contributed by atoms with E-state index in [4.69, 9.17) is 9.47 Å². The fraction of sp³-hybridized carbons (Fsp3) is 0.722. The van der Waals surface area contributed by atoms with Gasteiger partial charge in [-0.2, -0.15) is 0 Å². The molecule has 7 nitrogen and oxygen atoms in total. The second-order valence-corrected chi connectivity index (χ2v) is 8.02. The van der Waals surface area contributed by atoms with Crippen LogP contribution in [0.3, 0.4) is 0 Å². The van der Waals surface area contributed by atoms with Crippen LogP contribution in [0.25, 0.3) is 0 Å². The van der Waals surface area contributed by atoms with Crippen LogP contribution < -0.4 is 4.74 Å². The SMILES string of the molecule is COc1ncc(C2(O)CC3CCCC(C2)N3C(=O)OC(C)(C)C)cn1. The fourth-order valence-electron chi connectivity index (χ4n) is 3.94. The minimum Gasteiger partial charge on any atom is -0.467 e. The molecule has 0 spiro atoms. The summed E-state index contributed by atoms with van der Waals surface area (Å²) >= 11 is 0. The predicted octanol–water partition coefficient (Wildman–Crippen LogP) is 2.62. The lowest BCUT2D eigenvalue weighted by Gasteiger charge is -2.51. The first kappa shape index (κ1) is 17.9. The molecule has 1 amide bonds. The molecule has 3 heterocycles. The largest absolute Gasteiger partial charge is 0.467 e. The van der Waals surface area contributed by atoms with E-state index in [2.05, 4.69) is 9.97 Å². The van der Waals surface area contributed by atoms with Crippen molar-refractivity contribution in [3.05, 3.63) is 18.0 Å². The van der Waals surface area contributed by atoms with Crippen molar-refractivity contribution in [3.63, 3.8) is 0 Å². The first-order valence-electron chi connectivity index (χ1n) is 8.82. The van der Waals surface area contributed by atoms with E-state index in [9.17, 15) is 9.90 Å². The van der Waals surface area contributed by atoms with Crippen LogP contribution in [0.1, 0.15) is 58.4 Å². The number of carbonyl (C=O) groups excluding carboxylic acids is 1. The number of nitrogens with zero attached hydrogens (tertiary/aromatic N) is 3. The molecule has 0 radical (unpaired) electrons. The molecule has 1 aromatic heterocycles. The van der Waals surface area contributed by atoms with E-state index >= 15 is 0 Å². The van der Waals surface area contributed by atoms with Gasteiger partial charge in [0.05, 0.1) is 12.7 Å². The molecule has 25 heavy (non-hydrogen) atoms. The van der Waals surface area contributed by atoms with Gasteiger partial charge in [-0.1, -0.05) is 0 Å². The van der Waals surface area contributed by atoms with Gasteiger partial charge in [0.2, 0.25) is 0 Å². The number of fused-ring (bicyclic) bond motifs is 2. The van der Waals surface area contributed by atoms with Crippen molar-refractivity contribution in [3.8, 4) is 6.01 Å². The Hall–Kier alpha value is -1.89. The Balaban J connectivity index is 1.81. The van der Waals surface area contributed by atoms with Gasteiger partial charge in [0.1, 0.15) is 5.60 Å². The second-order valence-electron chi connectivity index (χ2n) is 8.02. The Morgan fingerprint density at radius 1 is 1.24 bits per heavy atom. The highest BCUT2D eigenvalue weighted by molar-refractivity contribution is 5.69. The molecule has 2 aliphatic heterocycles. The van der Waals surface area contributed by atoms with E-state index < -0.39 is 11.2 Å². The minimum absolute atomic E-state index is 0.0329. The van der Waals surface area contributed by atoms with Crippen LogP contribution in [0.15, 0.2) is 12.4 Å². The highest BCUT2D eigenvalue weighted by atomic mass is 16.6. The van der Waals surface area contributed by atoms with Gasteiger partial charge in [0.25, 0.3) is 0 Å². The van der Waals surface area contributed by atoms with Crippen molar-refractivity contribution in [1.82, 2.24) is 14.9 Å². The molecule has 2 fully saturated rings. The number of ether oxygens (including phenoxy) is 2. The third-order valence-corrected chi connectivity index (χ3v) is 4.96. The van der Waals surface area contributed by atoms with Gasteiger partial charge in [-0.25, -0.2) is 14.8 Å². The lowest BCUT2D eigenvalue weighted by Crippen LogP contribution is -2.59. The number of amides is 1. The van der Waals surface area contributed by atoms with E-state index in [1.165, 1.54) is 7.11 Å². The molecule has 2 unspecified atom stereocenters. The zero-order chi connectivity index (χ0) is 18.2. The lowest BCUT2D eigenvalue weighted by atomic mass is 9.73. The van der Waals surface area contributed by atoms with Crippen LogP contribution in [0.4, 0.5) is 4.79 Å². The van der Waals surface area contributed by atoms with Crippen LogP contribution in [0.2, 0.25) is 0 Å². The first-order valence-corrected chi connectivity index (χ1v) is 8.82. The molecule has 2 bridgehead atoms. The molecule has 2 aliphatic rings. The van der Waals surface area contributed by atoms with Gasteiger partial charge in [-0.05, 0) is 40.0 Å². The van der Waals surface area contributed by atoms with E-state index in [1.54, 1.807) is 12.4 Å². The average molecular weight is 349 g/mol. The zero-order valence-electron chi connectivity index (χ0n) is 15.4. The Labute approximate surface area is 148 Å². The number of carbonyl (C=O) groups is 1. The van der Waals surface area contributed by atoms with Gasteiger partial charge in [0, 0.05) is 42.9 Å². The van der Waals surface area contributed by atoms with Gasteiger partial charge in [-0.15, -0.1) is 0 Å². The van der Waals surface area contributed by atoms with Crippen molar-refractivity contribution in [2.75, 3.05) is 7.11 Å². The highest BCUT2D eigenvalue weighted by Crippen LogP contribution is 2.44. The minimum atomic E-state index is -1.03. The summed E-state index contributed by atoms with van der Waals surface area (Å²) in [7, 11) is 1.51. The van der Waals surface area contributed by atoms with Gasteiger partial charge in [-0.3, -0.25) is 0 Å². The van der Waals surface area contributed by atoms with E-state index in [-0.39, 0.29) is 24.2 Å². The molecular weight excluding hydrogens is 322 g/mol. The molecule has 138 valence electrons. The number of hydrogen-bond acceptors (Lipinski definition) is 6. The van der Waals surface area contributed by atoms with Gasteiger partial charge in [0.15, 0.2) is 0 Å². The molecule has 2 atom stereocenters. The van der Waals surface area contributed by atoms with E-state index in [0.29, 0.717) is 18.4 Å². The molecule has 0 aliphatic carbocycles. The molecule has 0 saturated carbocycles. The predicted molar refractivity (Wildman–Crippen MR) is 91.2 cm³/mol. The number of rotatable bonds is 2. The van der Waals surface area contributed by atoms with Crippen LogP contribution in [0.5, 0.6) is 6.01 Å². The van der Waals surface area contributed by atoms with Crippen LogP contribution in [-0.2, 0) is 10.3 Å². The normalized spacial score (nSPS) is 29.2. The summed E-state index contributed by atoms with van der Waals surface area (Å²) in [6, 6.07) is 0.211. The summed E-state index contributed by atoms with van der Waals surface area (Å²) in [5, 5.41) is 11.2. The lowest BCUT2D eigenvalue weighted by molar-refractivity contribution is -0.0968. The maximum absolute atomic E-state index is 12.6. The third kappa shape index (κ3) is 3.71. The number of piperidine rings is 2. The third-order valence-electron chi connectivity index (χ3n) is 4.96. The number of hydrogen-bond donors (Lipinski definition) is 1. The monoisotopic (exact) mass is 349 g/mol. The van der Waals surface area contributed by atoms with Crippen molar-refractivity contribution >= 4 is 6.09 Å². The molecule has 7 heteroatoms. The van der Waals surface area contributed by atoms with E-state index in [1.807, 2.05) is 25.7 Å². The Bertz CT molecular complexity index is 612. The molecule has 1 N–H and O–H groups in total. The summed E-state index contributed by atoms with van der Waals surface area (Å²) in [4.78, 5) is 22.7. The Kier molecular flexibility index (Phi) is 4.62. The molecule has 3 rings (SSSR count). The maximum atomic E-state index is 12.6. The molecule has 0 aromatic carbocycles. The summed E-state index contributed by atoms with van der Waals surface area (Å²) in [5.74, 6) is 0. The quantitative estimate of drug-likeness (QED) is 0.883. The van der Waals surface area contributed by atoms with E-state index in [0.717, 1.165) is 19.3 Å². The summed E-state index contributed by atoms with van der Waals surface area (Å²) in [5.41, 5.74) is -0.877. The summed E-state index contributed by atoms with van der Waals surface area (Å²) in [6.07, 6.45) is 6.69. The van der Waals surface area contributed by atoms with Crippen molar-refractivity contribution < 1.29 is 19.4 Å². The Morgan fingerprint density at radius 2 is 1.80 bits per heavy atom. The number of methoxy groups -OCH3 is 1. The number of aromatic nitrogens is 2. The molecule has 2 saturated heterocycles. The molecule has 1 aromatic rings. The molecular formula is C18H27N3O4. The number of aliphatic hydroxyl groups is 1. The zero-order valence-corrected chi connectivity index (χ0v) is 15.4. The van der Waals surface area contributed by atoms with Crippen molar-refractivity contribution in [2.45, 2.75) is 76.2 Å². The standard InChI is InChI=1S/C18H27N3O4/c1-17(2,3)25-16(22)21-13-6-5-7-14(21)9-18(23,8-13)12-10-19-15(24-4)20-11-12/h10-11,13-14,23H,5-9H2,1-4H3. The van der Waals surface area contributed by atoms with Crippen molar-refractivity contribution in [2.24, 2.45) is 0 Å². The van der Waals surface area contributed by atoms with Crippen LogP contribution >= 0.6 is 0 Å². The first-order chi connectivity index (χ1) is 11.7. The van der Waals surface area contributed by atoms with Gasteiger partial charge >= 0.3 is 12.1 Å². The van der Waals surface area contributed by atoms with Crippen LogP contribution in [0, 0.1) is 0 Å². The highest BCUT2D eigenvalue weighted by Gasteiger charge is 2.49. The Morgan fingerprint density at radius 3 is 2.28 bits per heavy atom. The maximum Gasteiger partial charge on any atom is 0.410 e. The fourth-order valence-corrected chi connectivity index (χ4v) is 3.94.